The molecular weight excluding hydrogens is 224 g/mol. The van der Waals surface area contributed by atoms with E-state index in [0.717, 1.165) is 42.5 Å². The third-order valence-corrected chi connectivity index (χ3v) is 3.28. The molecule has 96 valence electrons. The molecule has 0 saturated carbocycles. The summed E-state index contributed by atoms with van der Waals surface area (Å²) in [4.78, 5) is 8.91. The zero-order chi connectivity index (χ0) is 13.0. The zero-order valence-corrected chi connectivity index (χ0v) is 11.0. The molecule has 0 aromatic carbocycles. The fraction of sp³-hybridized carbons (Fsp3) is 0.500. The standard InChI is InChI=1S/C14H20N4/c1-3-16-14-12(8-15)9-17-13(18-14)11-6-4-10(2)5-7-11/h6,8-10,15H,3-5,7H2,1-2H3,(H,16,17,18). The molecule has 0 fully saturated rings. The molecule has 2 N–H and O–H groups in total. The molecule has 1 unspecified atom stereocenters. The molecule has 2 rings (SSSR count). The van der Waals surface area contributed by atoms with Crippen LogP contribution in [0.3, 0.4) is 0 Å². The van der Waals surface area contributed by atoms with Gasteiger partial charge in [0.1, 0.15) is 5.82 Å². The van der Waals surface area contributed by atoms with Crippen molar-refractivity contribution in [1.82, 2.24) is 9.97 Å². The minimum Gasteiger partial charge on any atom is -0.370 e. The molecule has 0 amide bonds. The van der Waals surface area contributed by atoms with Crippen molar-refractivity contribution in [2.24, 2.45) is 5.92 Å². The summed E-state index contributed by atoms with van der Waals surface area (Å²) in [5.41, 5.74) is 1.98. The Morgan fingerprint density at radius 1 is 1.56 bits per heavy atom. The Bertz CT molecular complexity index is 465. The van der Waals surface area contributed by atoms with E-state index in [1.165, 1.54) is 18.2 Å². The predicted molar refractivity (Wildman–Crippen MR) is 75.1 cm³/mol. The summed E-state index contributed by atoms with van der Waals surface area (Å²) < 4.78 is 0. The second kappa shape index (κ2) is 5.76. The van der Waals surface area contributed by atoms with Gasteiger partial charge in [-0.2, -0.15) is 0 Å². The van der Waals surface area contributed by atoms with Gasteiger partial charge in [0.15, 0.2) is 5.82 Å². The molecule has 4 heteroatoms. The lowest BCUT2D eigenvalue weighted by Crippen LogP contribution is -2.08. The van der Waals surface area contributed by atoms with Gasteiger partial charge >= 0.3 is 0 Å². The molecule has 1 heterocycles. The Morgan fingerprint density at radius 3 is 3.00 bits per heavy atom. The first-order valence-electron chi connectivity index (χ1n) is 6.55. The molecule has 0 aliphatic heterocycles. The first-order valence-corrected chi connectivity index (χ1v) is 6.55. The molecule has 0 saturated heterocycles. The molecule has 1 aliphatic carbocycles. The van der Waals surface area contributed by atoms with Crippen LogP contribution in [0.25, 0.3) is 5.57 Å². The van der Waals surface area contributed by atoms with Gasteiger partial charge in [-0.1, -0.05) is 13.0 Å². The molecular formula is C14H20N4. The van der Waals surface area contributed by atoms with Crippen LogP contribution < -0.4 is 5.32 Å². The van der Waals surface area contributed by atoms with Gasteiger partial charge in [-0.3, -0.25) is 0 Å². The van der Waals surface area contributed by atoms with Crippen LogP contribution in [0.5, 0.6) is 0 Å². The van der Waals surface area contributed by atoms with E-state index in [9.17, 15) is 0 Å². The largest absolute Gasteiger partial charge is 0.370 e. The van der Waals surface area contributed by atoms with E-state index in [0.29, 0.717) is 0 Å². The molecule has 18 heavy (non-hydrogen) atoms. The summed E-state index contributed by atoms with van der Waals surface area (Å²) in [6, 6.07) is 0. The Morgan fingerprint density at radius 2 is 2.39 bits per heavy atom. The minimum absolute atomic E-state index is 0.741. The van der Waals surface area contributed by atoms with Gasteiger partial charge in [0.2, 0.25) is 0 Å². The number of anilines is 1. The van der Waals surface area contributed by atoms with E-state index in [1.807, 2.05) is 6.92 Å². The van der Waals surface area contributed by atoms with E-state index < -0.39 is 0 Å². The van der Waals surface area contributed by atoms with Crippen molar-refractivity contribution in [3.05, 3.63) is 23.7 Å². The lowest BCUT2D eigenvalue weighted by Gasteiger charge is -2.18. The third-order valence-electron chi connectivity index (χ3n) is 3.28. The van der Waals surface area contributed by atoms with Crippen molar-refractivity contribution < 1.29 is 0 Å². The highest BCUT2D eigenvalue weighted by atomic mass is 15.0. The van der Waals surface area contributed by atoms with Crippen LogP contribution in [0.2, 0.25) is 0 Å². The van der Waals surface area contributed by atoms with Crippen LogP contribution in [0, 0.1) is 11.3 Å². The molecule has 0 bridgehead atoms. The highest BCUT2D eigenvalue weighted by Crippen LogP contribution is 2.28. The highest BCUT2D eigenvalue weighted by Gasteiger charge is 2.14. The summed E-state index contributed by atoms with van der Waals surface area (Å²) >= 11 is 0. The molecule has 1 aromatic heterocycles. The first-order chi connectivity index (χ1) is 8.74. The average Bonchev–Trinajstić information content (AvgIpc) is 2.40. The van der Waals surface area contributed by atoms with E-state index >= 15 is 0 Å². The summed E-state index contributed by atoms with van der Waals surface area (Å²) in [6.07, 6.45) is 8.64. The van der Waals surface area contributed by atoms with Gasteiger partial charge < -0.3 is 10.7 Å². The van der Waals surface area contributed by atoms with E-state index in [2.05, 4.69) is 28.3 Å². The number of nitrogens with one attached hydrogen (secondary N) is 2. The van der Waals surface area contributed by atoms with Crippen molar-refractivity contribution in [2.45, 2.75) is 33.1 Å². The van der Waals surface area contributed by atoms with Crippen molar-refractivity contribution in [3.8, 4) is 0 Å². The van der Waals surface area contributed by atoms with Crippen LogP contribution in [-0.2, 0) is 0 Å². The lowest BCUT2D eigenvalue weighted by atomic mass is 9.91. The van der Waals surface area contributed by atoms with Crippen molar-refractivity contribution in [2.75, 3.05) is 11.9 Å². The Balaban J connectivity index is 2.29. The number of nitrogens with zero attached hydrogens (tertiary/aromatic N) is 2. The predicted octanol–water partition coefficient (Wildman–Crippen LogP) is 3.11. The molecule has 1 aromatic rings. The summed E-state index contributed by atoms with van der Waals surface area (Å²) in [6.45, 7) is 5.10. The van der Waals surface area contributed by atoms with Crippen LogP contribution in [0.15, 0.2) is 12.3 Å². The second-order valence-electron chi connectivity index (χ2n) is 4.78. The molecule has 0 spiro atoms. The normalized spacial score (nSPS) is 19.2. The first kappa shape index (κ1) is 12.7. The van der Waals surface area contributed by atoms with Gasteiger partial charge in [-0.25, -0.2) is 9.97 Å². The Hall–Kier alpha value is -1.71. The van der Waals surface area contributed by atoms with Crippen LogP contribution in [0.1, 0.15) is 44.5 Å². The molecule has 0 radical (unpaired) electrons. The summed E-state index contributed by atoms with van der Waals surface area (Å²) in [7, 11) is 0. The maximum absolute atomic E-state index is 7.34. The summed E-state index contributed by atoms with van der Waals surface area (Å²) in [5, 5.41) is 10.5. The molecule has 1 atom stereocenters. The van der Waals surface area contributed by atoms with E-state index in [4.69, 9.17) is 5.41 Å². The maximum atomic E-state index is 7.34. The maximum Gasteiger partial charge on any atom is 0.157 e. The Labute approximate surface area is 108 Å². The number of aromatic nitrogens is 2. The smallest absolute Gasteiger partial charge is 0.157 e. The number of allylic oxidation sites excluding steroid dienone is 2. The fourth-order valence-electron chi connectivity index (χ4n) is 2.13. The quantitative estimate of drug-likeness (QED) is 0.800. The van der Waals surface area contributed by atoms with Gasteiger partial charge in [0, 0.05) is 19.0 Å². The average molecular weight is 244 g/mol. The highest BCUT2D eigenvalue weighted by molar-refractivity contribution is 5.84. The van der Waals surface area contributed by atoms with Crippen LogP contribution in [0.4, 0.5) is 5.82 Å². The molecule has 4 nitrogen and oxygen atoms in total. The second-order valence-corrected chi connectivity index (χ2v) is 4.78. The molecule has 1 aliphatic rings. The topological polar surface area (TPSA) is 61.7 Å². The van der Waals surface area contributed by atoms with E-state index in [-0.39, 0.29) is 0 Å². The summed E-state index contributed by atoms with van der Waals surface area (Å²) in [5.74, 6) is 2.34. The van der Waals surface area contributed by atoms with Crippen LogP contribution >= 0.6 is 0 Å². The number of rotatable bonds is 4. The SMILES string of the molecule is CCNc1nc(C2=CCC(C)CC2)ncc1C=N. The monoisotopic (exact) mass is 244 g/mol. The van der Waals surface area contributed by atoms with Crippen molar-refractivity contribution in [3.63, 3.8) is 0 Å². The number of hydrogen-bond donors (Lipinski definition) is 2. The minimum atomic E-state index is 0.741. The van der Waals surface area contributed by atoms with Gasteiger partial charge in [-0.15, -0.1) is 0 Å². The third kappa shape index (κ3) is 2.75. The van der Waals surface area contributed by atoms with Crippen molar-refractivity contribution >= 4 is 17.6 Å². The van der Waals surface area contributed by atoms with Gasteiger partial charge in [0.25, 0.3) is 0 Å². The lowest BCUT2D eigenvalue weighted by molar-refractivity contribution is 0.532. The van der Waals surface area contributed by atoms with E-state index in [1.54, 1.807) is 6.20 Å². The van der Waals surface area contributed by atoms with Gasteiger partial charge in [0.05, 0.1) is 5.56 Å². The van der Waals surface area contributed by atoms with Gasteiger partial charge in [-0.05, 0) is 37.7 Å². The Kier molecular flexibility index (Phi) is 4.07. The zero-order valence-electron chi connectivity index (χ0n) is 11.0. The number of hydrogen-bond acceptors (Lipinski definition) is 4. The fourth-order valence-corrected chi connectivity index (χ4v) is 2.13. The van der Waals surface area contributed by atoms with Crippen molar-refractivity contribution in [1.29, 1.82) is 5.41 Å². The van der Waals surface area contributed by atoms with Crippen LogP contribution in [-0.4, -0.2) is 22.7 Å².